The lowest BCUT2D eigenvalue weighted by Crippen LogP contribution is -2.04. The third kappa shape index (κ3) is 2.61. The van der Waals surface area contributed by atoms with E-state index in [1.54, 1.807) is 25.3 Å². The molecule has 0 amide bonds. The average Bonchev–Trinajstić information content (AvgIpc) is 2.45. The Morgan fingerprint density at radius 3 is 2.30 bits per heavy atom. The number of phenols is 1. The van der Waals surface area contributed by atoms with Crippen LogP contribution in [0.2, 0.25) is 0 Å². The number of esters is 1. The van der Waals surface area contributed by atoms with Crippen LogP contribution in [0.15, 0.2) is 24.3 Å². The van der Waals surface area contributed by atoms with Crippen molar-refractivity contribution in [2.75, 3.05) is 21.3 Å². The molecule has 0 aromatic heterocycles. The van der Waals surface area contributed by atoms with Gasteiger partial charge >= 0.3 is 5.97 Å². The van der Waals surface area contributed by atoms with E-state index in [0.29, 0.717) is 22.4 Å². The molecule has 2 rings (SSSR count). The monoisotopic (exact) mass is 276 g/mol. The molecule has 0 aliphatic rings. The van der Waals surface area contributed by atoms with Crippen molar-refractivity contribution in [1.29, 1.82) is 0 Å². The zero-order valence-electron chi connectivity index (χ0n) is 11.6. The molecule has 2 aromatic rings. The van der Waals surface area contributed by atoms with Crippen molar-refractivity contribution in [3.05, 3.63) is 29.8 Å². The van der Waals surface area contributed by atoms with Gasteiger partial charge in [0.05, 0.1) is 27.8 Å². The van der Waals surface area contributed by atoms with Crippen molar-refractivity contribution in [2.45, 2.75) is 6.42 Å². The number of carbonyl (C=O) groups is 1. The maximum Gasteiger partial charge on any atom is 0.309 e. The van der Waals surface area contributed by atoms with Gasteiger partial charge in [-0.3, -0.25) is 4.79 Å². The first-order chi connectivity index (χ1) is 9.58. The minimum Gasteiger partial charge on any atom is -0.507 e. The number of rotatable bonds is 4. The van der Waals surface area contributed by atoms with E-state index < -0.39 is 0 Å². The summed E-state index contributed by atoms with van der Waals surface area (Å²) in [7, 11) is 4.41. The molecule has 0 spiro atoms. The molecule has 0 heterocycles. The normalized spacial score (nSPS) is 10.3. The number of aromatic hydroxyl groups is 1. The Hall–Kier alpha value is -2.43. The Kier molecular flexibility index (Phi) is 3.98. The van der Waals surface area contributed by atoms with Gasteiger partial charge in [-0.1, -0.05) is 6.07 Å². The molecule has 2 aromatic carbocycles. The van der Waals surface area contributed by atoms with E-state index in [0.717, 1.165) is 5.39 Å². The molecule has 1 N–H and O–H groups in total. The quantitative estimate of drug-likeness (QED) is 0.868. The molecule has 0 bridgehead atoms. The molecule has 20 heavy (non-hydrogen) atoms. The van der Waals surface area contributed by atoms with Gasteiger partial charge in [0.2, 0.25) is 0 Å². The van der Waals surface area contributed by atoms with Crippen LogP contribution in [-0.4, -0.2) is 32.4 Å². The van der Waals surface area contributed by atoms with E-state index in [2.05, 4.69) is 4.74 Å². The summed E-state index contributed by atoms with van der Waals surface area (Å²) >= 11 is 0. The first-order valence-corrected chi connectivity index (χ1v) is 6.03. The van der Waals surface area contributed by atoms with Crippen molar-refractivity contribution >= 4 is 16.7 Å². The smallest absolute Gasteiger partial charge is 0.309 e. The average molecular weight is 276 g/mol. The Bertz CT molecular complexity index is 648. The van der Waals surface area contributed by atoms with Gasteiger partial charge in [-0.15, -0.1) is 0 Å². The summed E-state index contributed by atoms with van der Waals surface area (Å²) in [4.78, 5) is 11.3. The summed E-state index contributed by atoms with van der Waals surface area (Å²) < 4.78 is 15.1. The van der Waals surface area contributed by atoms with E-state index in [1.807, 2.05) is 6.07 Å². The summed E-state index contributed by atoms with van der Waals surface area (Å²) in [5.74, 6) is 0.831. The standard InChI is InChI=1S/C15H16O5/c1-18-13-7-10-4-9(6-15(17)20-3)5-12(16)11(10)8-14(13)19-2/h4-5,7-8,16H,6H2,1-3H3. The molecule has 0 radical (unpaired) electrons. The van der Waals surface area contributed by atoms with Gasteiger partial charge in [-0.2, -0.15) is 0 Å². The lowest BCUT2D eigenvalue weighted by atomic mass is 10.0. The van der Waals surface area contributed by atoms with Crippen LogP contribution >= 0.6 is 0 Å². The van der Waals surface area contributed by atoms with Crippen molar-refractivity contribution < 1.29 is 24.1 Å². The Balaban J connectivity index is 2.55. The zero-order valence-corrected chi connectivity index (χ0v) is 11.6. The fraction of sp³-hybridized carbons (Fsp3) is 0.267. The highest BCUT2D eigenvalue weighted by molar-refractivity contribution is 5.92. The highest BCUT2D eigenvalue weighted by Gasteiger charge is 2.12. The van der Waals surface area contributed by atoms with Crippen LogP contribution in [0.25, 0.3) is 10.8 Å². The molecule has 5 nitrogen and oxygen atoms in total. The van der Waals surface area contributed by atoms with E-state index in [4.69, 9.17) is 9.47 Å². The molecule has 0 aliphatic heterocycles. The van der Waals surface area contributed by atoms with Crippen LogP contribution < -0.4 is 9.47 Å². The summed E-state index contributed by atoms with van der Waals surface area (Å²) in [6.07, 6.45) is 0.106. The Morgan fingerprint density at radius 2 is 1.70 bits per heavy atom. The predicted molar refractivity (Wildman–Crippen MR) is 74.4 cm³/mol. The highest BCUT2D eigenvalue weighted by Crippen LogP contribution is 2.36. The largest absolute Gasteiger partial charge is 0.507 e. The van der Waals surface area contributed by atoms with Gasteiger partial charge in [0.1, 0.15) is 5.75 Å². The van der Waals surface area contributed by atoms with Crippen molar-refractivity contribution in [1.82, 2.24) is 0 Å². The number of methoxy groups -OCH3 is 3. The molecular weight excluding hydrogens is 260 g/mol. The third-order valence-electron chi connectivity index (χ3n) is 3.07. The molecule has 106 valence electrons. The van der Waals surface area contributed by atoms with E-state index in [-0.39, 0.29) is 18.1 Å². The van der Waals surface area contributed by atoms with E-state index in [1.165, 1.54) is 14.2 Å². The van der Waals surface area contributed by atoms with Crippen LogP contribution in [0.5, 0.6) is 17.2 Å². The number of hydrogen-bond donors (Lipinski definition) is 1. The number of ether oxygens (including phenoxy) is 3. The van der Waals surface area contributed by atoms with Crippen molar-refractivity contribution in [2.24, 2.45) is 0 Å². The number of phenolic OH excluding ortho intramolecular Hbond substituents is 1. The number of benzene rings is 2. The van der Waals surface area contributed by atoms with Crippen LogP contribution in [0.4, 0.5) is 0 Å². The minimum absolute atomic E-state index is 0.0855. The Labute approximate surface area is 116 Å². The summed E-state index contributed by atoms with van der Waals surface area (Å²) in [6, 6.07) is 6.82. The number of hydrogen-bond acceptors (Lipinski definition) is 5. The number of carbonyl (C=O) groups excluding carboxylic acids is 1. The van der Waals surface area contributed by atoms with Gasteiger partial charge in [0, 0.05) is 5.39 Å². The summed E-state index contributed by atoms with van der Waals surface area (Å²) in [5.41, 5.74) is 0.675. The minimum atomic E-state index is -0.357. The van der Waals surface area contributed by atoms with Crippen molar-refractivity contribution in [3.63, 3.8) is 0 Å². The van der Waals surface area contributed by atoms with Gasteiger partial charge < -0.3 is 19.3 Å². The number of fused-ring (bicyclic) bond motifs is 1. The van der Waals surface area contributed by atoms with Crippen LogP contribution in [-0.2, 0) is 16.0 Å². The highest BCUT2D eigenvalue weighted by atomic mass is 16.5. The van der Waals surface area contributed by atoms with E-state index >= 15 is 0 Å². The van der Waals surface area contributed by atoms with Crippen LogP contribution in [0.1, 0.15) is 5.56 Å². The predicted octanol–water partition coefficient (Wildman–Crippen LogP) is 2.28. The SMILES string of the molecule is COC(=O)Cc1cc(O)c2cc(OC)c(OC)cc2c1. The van der Waals surface area contributed by atoms with Crippen LogP contribution in [0.3, 0.4) is 0 Å². The lowest BCUT2D eigenvalue weighted by Gasteiger charge is -2.11. The second-order valence-corrected chi connectivity index (χ2v) is 4.30. The molecule has 0 saturated heterocycles. The van der Waals surface area contributed by atoms with Gasteiger partial charge in [0.25, 0.3) is 0 Å². The molecule has 0 fully saturated rings. The Morgan fingerprint density at radius 1 is 1.05 bits per heavy atom. The van der Waals surface area contributed by atoms with Gasteiger partial charge in [-0.05, 0) is 29.1 Å². The third-order valence-corrected chi connectivity index (χ3v) is 3.07. The summed E-state index contributed by atoms with van der Waals surface area (Å²) in [5, 5.41) is 11.5. The maximum absolute atomic E-state index is 11.3. The molecular formula is C15H16O5. The first kappa shape index (κ1) is 14.0. The van der Waals surface area contributed by atoms with Crippen molar-refractivity contribution in [3.8, 4) is 17.2 Å². The van der Waals surface area contributed by atoms with Crippen LogP contribution in [0, 0.1) is 0 Å². The topological polar surface area (TPSA) is 65.0 Å². The molecule has 5 heteroatoms. The fourth-order valence-electron chi connectivity index (χ4n) is 2.07. The lowest BCUT2D eigenvalue weighted by molar-refractivity contribution is -0.139. The van der Waals surface area contributed by atoms with Gasteiger partial charge in [-0.25, -0.2) is 0 Å². The van der Waals surface area contributed by atoms with E-state index in [9.17, 15) is 9.90 Å². The zero-order chi connectivity index (χ0) is 14.7. The second kappa shape index (κ2) is 5.69. The summed E-state index contributed by atoms with van der Waals surface area (Å²) in [6.45, 7) is 0. The first-order valence-electron chi connectivity index (χ1n) is 6.03. The second-order valence-electron chi connectivity index (χ2n) is 4.30. The molecule has 0 unspecified atom stereocenters. The van der Waals surface area contributed by atoms with Gasteiger partial charge in [0.15, 0.2) is 11.5 Å². The molecule has 0 atom stereocenters. The molecule has 0 saturated carbocycles. The fourth-order valence-corrected chi connectivity index (χ4v) is 2.07. The molecule has 0 aliphatic carbocycles. The maximum atomic E-state index is 11.3.